The summed E-state index contributed by atoms with van der Waals surface area (Å²) in [5.74, 6) is 0.955. The van der Waals surface area contributed by atoms with Crippen molar-refractivity contribution < 1.29 is 23.8 Å². The van der Waals surface area contributed by atoms with E-state index in [-0.39, 0.29) is 17.1 Å². The SMILES string of the molecule is CCCOc1ccc(C2C(C(=O)Nc3ccccc3OC)=C(C)NC3=C2C(=O)CC(C)(C)C3)cc1OC. The molecule has 1 aliphatic heterocycles. The van der Waals surface area contributed by atoms with Crippen molar-refractivity contribution in [3.8, 4) is 17.2 Å². The number of Topliss-reactive ketones (excluding diaryl/α,β-unsaturated/α-hetero) is 1. The van der Waals surface area contributed by atoms with E-state index in [1.165, 1.54) is 0 Å². The lowest BCUT2D eigenvalue weighted by molar-refractivity contribution is -0.118. The lowest BCUT2D eigenvalue weighted by Crippen LogP contribution is -2.39. The van der Waals surface area contributed by atoms with Crippen LogP contribution in [0.4, 0.5) is 5.69 Å². The molecular weight excluding hydrogens is 468 g/mol. The third-order valence-electron chi connectivity index (χ3n) is 6.82. The molecule has 196 valence electrons. The normalized spacial score (nSPS) is 18.6. The Hall–Kier alpha value is -3.74. The quantitative estimate of drug-likeness (QED) is 0.477. The molecule has 1 aliphatic carbocycles. The van der Waals surface area contributed by atoms with Crippen molar-refractivity contribution in [1.82, 2.24) is 5.32 Å². The molecule has 7 nitrogen and oxygen atoms in total. The highest BCUT2D eigenvalue weighted by Gasteiger charge is 2.43. The molecular formula is C30H36N2O5. The van der Waals surface area contributed by atoms with E-state index in [4.69, 9.17) is 14.2 Å². The molecule has 37 heavy (non-hydrogen) atoms. The number of dihydropyridines is 1. The van der Waals surface area contributed by atoms with E-state index in [9.17, 15) is 9.59 Å². The van der Waals surface area contributed by atoms with Crippen LogP contribution in [0.2, 0.25) is 0 Å². The molecule has 0 aromatic heterocycles. The zero-order chi connectivity index (χ0) is 26.7. The van der Waals surface area contributed by atoms with E-state index in [1.807, 2.05) is 44.2 Å². The molecule has 0 spiro atoms. The molecule has 2 aromatic rings. The fourth-order valence-electron chi connectivity index (χ4n) is 5.20. The molecule has 0 fully saturated rings. The first-order valence-electron chi connectivity index (χ1n) is 12.7. The highest BCUT2D eigenvalue weighted by atomic mass is 16.5. The number of hydrogen-bond acceptors (Lipinski definition) is 6. The van der Waals surface area contributed by atoms with Crippen molar-refractivity contribution in [2.45, 2.75) is 52.9 Å². The van der Waals surface area contributed by atoms with Gasteiger partial charge in [0.2, 0.25) is 0 Å². The van der Waals surface area contributed by atoms with Crippen LogP contribution in [-0.4, -0.2) is 32.5 Å². The third-order valence-corrected chi connectivity index (χ3v) is 6.82. The number of carbonyl (C=O) groups is 2. The largest absolute Gasteiger partial charge is 0.495 e. The van der Waals surface area contributed by atoms with Gasteiger partial charge < -0.3 is 24.8 Å². The van der Waals surface area contributed by atoms with Crippen LogP contribution in [0.3, 0.4) is 0 Å². The number of carbonyl (C=O) groups excluding carboxylic acids is 2. The van der Waals surface area contributed by atoms with Crippen LogP contribution in [0, 0.1) is 5.41 Å². The maximum Gasteiger partial charge on any atom is 0.254 e. The van der Waals surface area contributed by atoms with Crippen LogP contribution in [0.25, 0.3) is 0 Å². The number of amides is 1. The van der Waals surface area contributed by atoms with Gasteiger partial charge in [0.1, 0.15) is 5.75 Å². The van der Waals surface area contributed by atoms with Crippen LogP contribution in [-0.2, 0) is 9.59 Å². The molecule has 1 atom stereocenters. The molecule has 1 amide bonds. The first-order valence-corrected chi connectivity index (χ1v) is 12.7. The van der Waals surface area contributed by atoms with E-state index >= 15 is 0 Å². The Morgan fingerprint density at radius 1 is 1.05 bits per heavy atom. The molecule has 0 saturated carbocycles. The smallest absolute Gasteiger partial charge is 0.254 e. The molecule has 0 bridgehead atoms. The Labute approximate surface area is 218 Å². The second kappa shape index (κ2) is 10.7. The number of allylic oxidation sites excluding steroid dienone is 3. The molecule has 1 unspecified atom stereocenters. The number of hydrogen-bond donors (Lipinski definition) is 2. The van der Waals surface area contributed by atoms with Crippen LogP contribution in [0.1, 0.15) is 58.4 Å². The van der Waals surface area contributed by atoms with Crippen LogP contribution >= 0.6 is 0 Å². The van der Waals surface area contributed by atoms with E-state index in [1.54, 1.807) is 26.4 Å². The maximum absolute atomic E-state index is 13.8. The molecule has 4 rings (SSSR count). The second-order valence-electron chi connectivity index (χ2n) is 10.3. The average Bonchev–Trinajstić information content (AvgIpc) is 2.86. The van der Waals surface area contributed by atoms with E-state index in [0.717, 1.165) is 24.1 Å². The third kappa shape index (κ3) is 5.36. The van der Waals surface area contributed by atoms with Gasteiger partial charge in [0, 0.05) is 34.9 Å². The molecule has 2 aromatic carbocycles. The van der Waals surface area contributed by atoms with Crippen LogP contribution in [0.5, 0.6) is 17.2 Å². The monoisotopic (exact) mass is 504 g/mol. The van der Waals surface area contributed by atoms with Crippen molar-refractivity contribution in [2.24, 2.45) is 5.41 Å². The summed E-state index contributed by atoms with van der Waals surface area (Å²) in [6.07, 6.45) is 2.01. The summed E-state index contributed by atoms with van der Waals surface area (Å²) < 4.78 is 16.9. The van der Waals surface area contributed by atoms with Gasteiger partial charge in [-0.05, 0) is 55.0 Å². The minimum absolute atomic E-state index is 0.0455. The summed E-state index contributed by atoms with van der Waals surface area (Å²) in [4.78, 5) is 27.4. The first kappa shape index (κ1) is 26.3. The fourth-order valence-corrected chi connectivity index (χ4v) is 5.20. The molecule has 2 aliphatic rings. The summed E-state index contributed by atoms with van der Waals surface area (Å²) in [6.45, 7) is 8.68. The Bertz CT molecular complexity index is 1270. The second-order valence-corrected chi connectivity index (χ2v) is 10.3. The number of rotatable bonds is 8. The van der Waals surface area contributed by atoms with Crippen molar-refractivity contribution in [3.05, 3.63) is 70.6 Å². The van der Waals surface area contributed by atoms with Crippen molar-refractivity contribution in [3.63, 3.8) is 0 Å². The molecule has 1 heterocycles. The van der Waals surface area contributed by atoms with Gasteiger partial charge in [-0.15, -0.1) is 0 Å². The summed E-state index contributed by atoms with van der Waals surface area (Å²) in [5.41, 5.74) is 3.91. The molecule has 0 radical (unpaired) electrons. The topological polar surface area (TPSA) is 85.9 Å². The number of ether oxygens (including phenoxy) is 3. The minimum Gasteiger partial charge on any atom is -0.495 e. The number of anilines is 1. The maximum atomic E-state index is 13.8. The number of para-hydroxylation sites is 2. The summed E-state index contributed by atoms with van der Waals surface area (Å²) in [6, 6.07) is 12.9. The Morgan fingerprint density at radius 2 is 1.78 bits per heavy atom. The van der Waals surface area contributed by atoms with Gasteiger partial charge in [0.05, 0.1) is 26.5 Å². The fraction of sp³-hybridized carbons (Fsp3) is 0.400. The lowest BCUT2D eigenvalue weighted by atomic mass is 9.68. The number of nitrogens with one attached hydrogen (secondary N) is 2. The summed E-state index contributed by atoms with van der Waals surface area (Å²) >= 11 is 0. The van der Waals surface area contributed by atoms with E-state index < -0.39 is 5.92 Å². The predicted octanol–water partition coefficient (Wildman–Crippen LogP) is 5.74. The van der Waals surface area contributed by atoms with Gasteiger partial charge in [-0.3, -0.25) is 9.59 Å². The Kier molecular flexibility index (Phi) is 7.62. The van der Waals surface area contributed by atoms with Crippen LogP contribution < -0.4 is 24.8 Å². The number of methoxy groups -OCH3 is 2. The van der Waals surface area contributed by atoms with Gasteiger partial charge in [0.25, 0.3) is 5.91 Å². The van der Waals surface area contributed by atoms with E-state index in [0.29, 0.717) is 52.8 Å². The van der Waals surface area contributed by atoms with E-state index in [2.05, 4.69) is 24.5 Å². The first-order chi connectivity index (χ1) is 17.7. The van der Waals surface area contributed by atoms with Gasteiger partial charge in [-0.2, -0.15) is 0 Å². The van der Waals surface area contributed by atoms with Gasteiger partial charge in [-0.25, -0.2) is 0 Å². The standard InChI is InChI=1S/C30H36N2O5/c1-7-14-37-24-13-12-19(15-25(24)36-6)27-26(29(34)32-20-10-8-9-11-23(20)35-5)18(2)31-21-16-30(3,4)17-22(33)28(21)27/h8-13,15,27,31H,7,14,16-17H2,1-6H3,(H,32,34). The number of benzene rings is 2. The summed E-state index contributed by atoms with van der Waals surface area (Å²) in [5, 5.41) is 6.41. The average molecular weight is 505 g/mol. The molecule has 7 heteroatoms. The highest BCUT2D eigenvalue weighted by Crippen LogP contribution is 2.48. The van der Waals surface area contributed by atoms with Crippen molar-refractivity contribution in [1.29, 1.82) is 0 Å². The van der Waals surface area contributed by atoms with Gasteiger partial charge in [0.15, 0.2) is 17.3 Å². The summed E-state index contributed by atoms with van der Waals surface area (Å²) in [7, 11) is 3.16. The van der Waals surface area contributed by atoms with Gasteiger partial charge >= 0.3 is 0 Å². The zero-order valence-electron chi connectivity index (χ0n) is 22.5. The van der Waals surface area contributed by atoms with Gasteiger partial charge in [-0.1, -0.05) is 39.0 Å². The Balaban J connectivity index is 1.82. The molecule has 0 saturated heterocycles. The zero-order valence-corrected chi connectivity index (χ0v) is 22.5. The Morgan fingerprint density at radius 3 is 2.49 bits per heavy atom. The lowest BCUT2D eigenvalue weighted by Gasteiger charge is -2.39. The highest BCUT2D eigenvalue weighted by molar-refractivity contribution is 6.10. The predicted molar refractivity (Wildman–Crippen MR) is 144 cm³/mol. The number of ketones is 1. The minimum atomic E-state index is -0.552. The molecule has 2 N–H and O–H groups in total. The van der Waals surface area contributed by atoms with Crippen LogP contribution in [0.15, 0.2) is 65.0 Å². The van der Waals surface area contributed by atoms with Crippen molar-refractivity contribution >= 4 is 17.4 Å². The van der Waals surface area contributed by atoms with Crippen molar-refractivity contribution in [2.75, 3.05) is 26.1 Å².